The zero-order valence-corrected chi connectivity index (χ0v) is 16.5. The lowest BCUT2D eigenvalue weighted by atomic mass is 10.2. The summed E-state index contributed by atoms with van der Waals surface area (Å²) in [5.41, 5.74) is 0.997. The monoisotopic (exact) mass is 390 g/mol. The third kappa shape index (κ3) is 6.37. The van der Waals surface area contributed by atoms with Crippen molar-refractivity contribution in [2.45, 2.75) is 38.0 Å². The summed E-state index contributed by atoms with van der Waals surface area (Å²) < 4.78 is 32.3. The Hall–Kier alpha value is -2.38. The quantitative estimate of drug-likeness (QED) is 0.604. The van der Waals surface area contributed by atoms with Crippen LogP contribution < -0.4 is 14.8 Å². The van der Waals surface area contributed by atoms with Crippen LogP contribution in [0.5, 0.6) is 5.75 Å². The summed E-state index contributed by atoms with van der Waals surface area (Å²) in [5, 5.41) is 2.76. The van der Waals surface area contributed by atoms with Crippen molar-refractivity contribution in [3.8, 4) is 5.75 Å². The first-order chi connectivity index (χ1) is 13.0. The molecule has 0 atom stereocenters. The second kappa shape index (κ2) is 10.1. The number of hydrogen-bond acceptors (Lipinski definition) is 4. The van der Waals surface area contributed by atoms with Gasteiger partial charge in [0, 0.05) is 17.8 Å². The largest absolute Gasteiger partial charge is 0.494 e. The molecule has 0 saturated heterocycles. The van der Waals surface area contributed by atoms with Crippen molar-refractivity contribution >= 4 is 21.6 Å². The minimum absolute atomic E-state index is 0.167. The molecule has 2 rings (SSSR count). The Balaban J connectivity index is 2.02. The van der Waals surface area contributed by atoms with Crippen molar-refractivity contribution in [3.05, 3.63) is 54.1 Å². The first kappa shape index (κ1) is 20.9. The number of unbranched alkanes of at least 4 members (excludes halogenated alkanes) is 1. The molecule has 0 aliphatic heterocycles. The van der Waals surface area contributed by atoms with Crippen molar-refractivity contribution < 1.29 is 17.9 Å². The average Bonchev–Trinajstić information content (AvgIpc) is 2.67. The van der Waals surface area contributed by atoms with E-state index in [-0.39, 0.29) is 10.8 Å². The Bertz CT molecular complexity index is 849. The van der Waals surface area contributed by atoms with Crippen LogP contribution in [0.2, 0.25) is 0 Å². The minimum atomic E-state index is -3.52. The first-order valence-corrected chi connectivity index (χ1v) is 10.6. The number of anilines is 1. The smallest absolute Gasteiger partial charge is 0.255 e. The molecule has 0 aliphatic carbocycles. The van der Waals surface area contributed by atoms with Crippen LogP contribution in [0, 0.1) is 0 Å². The topological polar surface area (TPSA) is 84.5 Å². The third-order valence-electron chi connectivity index (χ3n) is 3.83. The van der Waals surface area contributed by atoms with E-state index in [2.05, 4.69) is 17.0 Å². The highest BCUT2D eigenvalue weighted by molar-refractivity contribution is 7.89. The Labute approximate surface area is 161 Å². The van der Waals surface area contributed by atoms with Crippen molar-refractivity contribution in [1.82, 2.24) is 4.72 Å². The number of rotatable bonds is 10. The van der Waals surface area contributed by atoms with Gasteiger partial charge in [-0.15, -0.1) is 0 Å². The number of nitrogens with one attached hydrogen (secondary N) is 2. The van der Waals surface area contributed by atoms with Gasteiger partial charge < -0.3 is 10.1 Å². The Morgan fingerprint density at radius 3 is 2.44 bits per heavy atom. The molecule has 146 valence electrons. The van der Waals surface area contributed by atoms with Crippen molar-refractivity contribution in [2.75, 3.05) is 18.5 Å². The van der Waals surface area contributed by atoms with Gasteiger partial charge in [-0.3, -0.25) is 4.79 Å². The van der Waals surface area contributed by atoms with Crippen LogP contribution in [0.25, 0.3) is 0 Å². The summed E-state index contributed by atoms with van der Waals surface area (Å²) in [6.07, 6.45) is 2.72. The highest BCUT2D eigenvalue weighted by Crippen LogP contribution is 2.17. The molecule has 0 saturated carbocycles. The van der Waals surface area contributed by atoms with E-state index in [1.807, 2.05) is 13.0 Å². The van der Waals surface area contributed by atoms with Crippen LogP contribution in [-0.2, 0) is 10.0 Å². The van der Waals surface area contributed by atoms with Gasteiger partial charge in [-0.05, 0) is 55.3 Å². The first-order valence-electron chi connectivity index (χ1n) is 9.10. The number of sulfonamides is 1. The normalized spacial score (nSPS) is 11.2. The van der Waals surface area contributed by atoms with Gasteiger partial charge >= 0.3 is 0 Å². The summed E-state index contributed by atoms with van der Waals surface area (Å²) in [7, 11) is -3.52. The summed E-state index contributed by atoms with van der Waals surface area (Å²) in [4.78, 5) is 12.6. The van der Waals surface area contributed by atoms with E-state index < -0.39 is 10.0 Å². The molecule has 27 heavy (non-hydrogen) atoms. The molecule has 6 nitrogen and oxygen atoms in total. The van der Waals surface area contributed by atoms with E-state index in [0.717, 1.165) is 12.8 Å². The average molecular weight is 391 g/mol. The van der Waals surface area contributed by atoms with E-state index >= 15 is 0 Å². The molecule has 2 N–H and O–H groups in total. The number of ether oxygens (including phenoxy) is 1. The van der Waals surface area contributed by atoms with Gasteiger partial charge in [0.05, 0.1) is 11.5 Å². The van der Waals surface area contributed by atoms with E-state index in [4.69, 9.17) is 4.74 Å². The molecule has 0 heterocycles. The van der Waals surface area contributed by atoms with Gasteiger partial charge in [-0.25, -0.2) is 13.1 Å². The molecular weight excluding hydrogens is 364 g/mol. The zero-order chi connectivity index (χ0) is 19.7. The van der Waals surface area contributed by atoms with E-state index in [1.54, 1.807) is 30.3 Å². The Morgan fingerprint density at radius 1 is 1.04 bits per heavy atom. The summed E-state index contributed by atoms with van der Waals surface area (Å²) in [6, 6.07) is 13.1. The number of amides is 1. The van der Waals surface area contributed by atoms with E-state index in [1.165, 1.54) is 12.1 Å². The summed E-state index contributed by atoms with van der Waals surface area (Å²) in [6.45, 7) is 4.98. The van der Waals surface area contributed by atoms with Crippen LogP contribution in [0.3, 0.4) is 0 Å². The zero-order valence-electron chi connectivity index (χ0n) is 15.7. The number of carbonyl (C=O) groups is 1. The predicted octanol–water partition coefficient (Wildman–Crippen LogP) is 3.81. The maximum Gasteiger partial charge on any atom is 0.255 e. The lowest BCUT2D eigenvalue weighted by Gasteiger charge is -2.09. The van der Waals surface area contributed by atoms with Crippen LogP contribution in [-0.4, -0.2) is 27.5 Å². The lowest BCUT2D eigenvalue weighted by molar-refractivity contribution is 0.102. The van der Waals surface area contributed by atoms with Crippen molar-refractivity contribution in [2.24, 2.45) is 0 Å². The summed E-state index contributed by atoms with van der Waals surface area (Å²) >= 11 is 0. The van der Waals surface area contributed by atoms with Crippen molar-refractivity contribution in [1.29, 1.82) is 0 Å². The highest BCUT2D eigenvalue weighted by Gasteiger charge is 2.13. The molecule has 7 heteroatoms. The maximum absolute atomic E-state index is 12.4. The molecule has 1 amide bonds. The fourth-order valence-electron chi connectivity index (χ4n) is 2.30. The molecule has 0 radical (unpaired) electrons. The number of carbonyl (C=O) groups excluding carboxylic acids is 1. The lowest BCUT2D eigenvalue weighted by Crippen LogP contribution is -2.24. The molecule has 2 aromatic rings. The van der Waals surface area contributed by atoms with E-state index in [9.17, 15) is 13.2 Å². The Morgan fingerprint density at radius 2 is 1.78 bits per heavy atom. The van der Waals surface area contributed by atoms with Crippen LogP contribution >= 0.6 is 0 Å². The number of hydrogen-bond donors (Lipinski definition) is 2. The third-order valence-corrected chi connectivity index (χ3v) is 5.30. The molecule has 2 aromatic carbocycles. The Kier molecular flexibility index (Phi) is 7.82. The molecule has 0 fully saturated rings. The number of benzene rings is 2. The second-order valence-electron chi connectivity index (χ2n) is 6.11. The predicted molar refractivity (Wildman–Crippen MR) is 107 cm³/mol. The van der Waals surface area contributed by atoms with Gasteiger partial charge in [-0.1, -0.05) is 26.3 Å². The van der Waals surface area contributed by atoms with Gasteiger partial charge in [0.2, 0.25) is 10.0 Å². The SMILES string of the molecule is CCCCOc1cccc(C(=O)Nc2ccc(S(=O)(=O)NCCC)cc2)c1. The van der Waals surface area contributed by atoms with Crippen LogP contribution in [0.4, 0.5) is 5.69 Å². The fourth-order valence-corrected chi connectivity index (χ4v) is 3.44. The second-order valence-corrected chi connectivity index (χ2v) is 7.87. The van der Waals surface area contributed by atoms with Gasteiger partial charge in [-0.2, -0.15) is 0 Å². The van der Waals surface area contributed by atoms with E-state index in [0.29, 0.717) is 36.6 Å². The molecule has 0 bridgehead atoms. The van der Waals surface area contributed by atoms with Gasteiger partial charge in [0.15, 0.2) is 0 Å². The molecule has 0 aliphatic rings. The molecule has 0 unspecified atom stereocenters. The standard InChI is InChI=1S/C20H26N2O4S/c1-3-5-14-26-18-8-6-7-16(15-18)20(23)22-17-9-11-19(12-10-17)27(24,25)21-13-4-2/h6-12,15,21H,3-5,13-14H2,1-2H3,(H,22,23). The molecule has 0 aromatic heterocycles. The minimum Gasteiger partial charge on any atom is -0.494 e. The highest BCUT2D eigenvalue weighted by atomic mass is 32.2. The van der Waals surface area contributed by atoms with Gasteiger partial charge in [0.25, 0.3) is 5.91 Å². The van der Waals surface area contributed by atoms with Crippen LogP contribution in [0.1, 0.15) is 43.5 Å². The van der Waals surface area contributed by atoms with Crippen molar-refractivity contribution in [3.63, 3.8) is 0 Å². The maximum atomic E-state index is 12.4. The summed E-state index contributed by atoms with van der Waals surface area (Å²) in [5.74, 6) is 0.371. The molecular formula is C20H26N2O4S. The van der Waals surface area contributed by atoms with Gasteiger partial charge in [0.1, 0.15) is 5.75 Å². The molecule has 0 spiro atoms. The van der Waals surface area contributed by atoms with Crippen LogP contribution in [0.15, 0.2) is 53.4 Å². The fraction of sp³-hybridized carbons (Fsp3) is 0.350.